The molecule has 0 aliphatic heterocycles. The first-order valence-electron chi connectivity index (χ1n) is 9.70. The highest BCUT2D eigenvalue weighted by Crippen LogP contribution is 2.06. The van der Waals surface area contributed by atoms with Crippen LogP contribution in [0.3, 0.4) is 0 Å². The average molecular weight is 465 g/mol. The number of aliphatic hydroxyl groups is 1. The summed E-state index contributed by atoms with van der Waals surface area (Å²) in [6.07, 6.45) is -1.73. The van der Waals surface area contributed by atoms with E-state index in [1.165, 1.54) is 6.92 Å². The van der Waals surface area contributed by atoms with Crippen molar-refractivity contribution in [2.75, 3.05) is 5.75 Å². The second-order valence-corrected chi connectivity index (χ2v) is 7.90. The normalized spacial score (nSPS) is 15.8. The topological polar surface area (TPSA) is 208 Å². The molecule has 5 atom stereocenters. The Bertz CT molecular complexity index is 658. The molecule has 5 unspecified atom stereocenters. The Balaban J connectivity index is 5.13. The number of carboxylic acids is 2. The summed E-state index contributed by atoms with van der Waals surface area (Å²) >= 11 is 3.99. The van der Waals surface area contributed by atoms with Crippen LogP contribution in [0.4, 0.5) is 0 Å². The van der Waals surface area contributed by atoms with Gasteiger partial charge < -0.3 is 37.0 Å². The molecule has 178 valence electrons. The van der Waals surface area contributed by atoms with Gasteiger partial charge in [0.05, 0.1) is 12.1 Å². The standard InChI is InChI=1S/C18H32N4O8S/c1-8(2)6-11(18(29)30)20-16(27)12(7-31)21-17(28)14(9(3)23)22-15(26)10(19)4-5-13(24)25/h8-12,14,23,31H,4-7,19H2,1-3H3,(H,20,27)(H,21,28)(H,22,26)(H,24,25)(H,29,30). The summed E-state index contributed by atoms with van der Waals surface area (Å²) < 4.78 is 0. The third-order valence-corrected chi connectivity index (χ3v) is 4.57. The fourth-order valence-corrected chi connectivity index (χ4v) is 2.75. The molecule has 0 aromatic rings. The molecule has 0 radical (unpaired) electrons. The van der Waals surface area contributed by atoms with Crippen LogP contribution in [0.5, 0.6) is 0 Å². The van der Waals surface area contributed by atoms with Gasteiger partial charge in [0.15, 0.2) is 0 Å². The first-order chi connectivity index (χ1) is 14.3. The van der Waals surface area contributed by atoms with E-state index in [-0.39, 0.29) is 30.9 Å². The predicted octanol–water partition coefficient (Wildman–Crippen LogP) is -1.93. The van der Waals surface area contributed by atoms with Crippen LogP contribution in [0.15, 0.2) is 0 Å². The van der Waals surface area contributed by atoms with E-state index < -0.39 is 59.9 Å². The number of hydrogen-bond donors (Lipinski definition) is 8. The molecular formula is C18H32N4O8S. The van der Waals surface area contributed by atoms with Crippen LogP contribution in [0, 0.1) is 5.92 Å². The number of nitrogens with one attached hydrogen (secondary N) is 3. The van der Waals surface area contributed by atoms with E-state index in [0.29, 0.717) is 0 Å². The lowest BCUT2D eigenvalue weighted by molar-refractivity contribution is -0.143. The van der Waals surface area contributed by atoms with Gasteiger partial charge in [-0.2, -0.15) is 12.6 Å². The van der Waals surface area contributed by atoms with Crippen LogP contribution >= 0.6 is 12.6 Å². The second-order valence-electron chi connectivity index (χ2n) is 7.54. The van der Waals surface area contributed by atoms with Gasteiger partial charge in [-0.1, -0.05) is 13.8 Å². The molecular weight excluding hydrogens is 432 g/mol. The lowest BCUT2D eigenvalue weighted by atomic mass is 10.0. The Morgan fingerprint density at radius 1 is 0.903 bits per heavy atom. The summed E-state index contributed by atoms with van der Waals surface area (Å²) in [5, 5.41) is 34.6. The van der Waals surface area contributed by atoms with E-state index in [2.05, 4.69) is 28.6 Å². The van der Waals surface area contributed by atoms with E-state index in [4.69, 9.17) is 10.8 Å². The Kier molecular flexibility index (Phi) is 12.8. The number of thiol groups is 1. The van der Waals surface area contributed by atoms with E-state index in [9.17, 15) is 34.2 Å². The predicted molar refractivity (Wildman–Crippen MR) is 113 cm³/mol. The molecule has 0 rings (SSSR count). The van der Waals surface area contributed by atoms with Crippen molar-refractivity contribution in [3.05, 3.63) is 0 Å². The van der Waals surface area contributed by atoms with Gasteiger partial charge in [0.25, 0.3) is 0 Å². The monoisotopic (exact) mass is 464 g/mol. The molecule has 0 aromatic carbocycles. The summed E-state index contributed by atoms with van der Waals surface area (Å²) in [5.41, 5.74) is 5.59. The minimum Gasteiger partial charge on any atom is -0.481 e. The van der Waals surface area contributed by atoms with Crippen LogP contribution < -0.4 is 21.7 Å². The molecule has 8 N–H and O–H groups in total. The zero-order valence-electron chi connectivity index (χ0n) is 17.7. The molecule has 13 heteroatoms. The maximum Gasteiger partial charge on any atom is 0.326 e. The number of aliphatic carboxylic acids is 2. The van der Waals surface area contributed by atoms with Gasteiger partial charge in [0, 0.05) is 12.2 Å². The third-order valence-electron chi connectivity index (χ3n) is 4.21. The van der Waals surface area contributed by atoms with Gasteiger partial charge >= 0.3 is 11.9 Å². The van der Waals surface area contributed by atoms with Crippen molar-refractivity contribution in [1.29, 1.82) is 0 Å². The van der Waals surface area contributed by atoms with Gasteiger partial charge in [-0.3, -0.25) is 19.2 Å². The summed E-state index contributed by atoms with van der Waals surface area (Å²) in [5.74, 6) is -5.11. The highest BCUT2D eigenvalue weighted by molar-refractivity contribution is 7.80. The van der Waals surface area contributed by atoms with Crippen LogP contribution in [-0.4, -0.2) is 81.0 Å². The molecule has 0 heterocycles. The fourth-order valence-electron chi connectivity index (χ4n) is 2.50. The van der Waals surface area contributed by atoms with Crippen LogP contribution in [0.2, 0.25) is 0 Å². The summed E-state index contributed by atoms with van der Waals surface area (Å²) in [6.45, 7) is 4.81. The largest absolute Gasteiger partial charge is 0.481 e. The first kappa shape index (κ1) is 28.6. The molecule has 12 nitrogen and oxygen atoms in total. The van der Waals surface area contributed by atoms with Gasteiger partial charge in [-0.05, 0) is 25.7 Å². The highest BCUT2D eigenvalue weighted by Gasteiger charge is 2.32. The van der Waals surface area contributed by atoms with Crippen molar-refractivity contribution in [1.82, 2.24) is 16.0 Å². The molecule has 0 spiro atoms. The minimum atomic E-state index is -1.48. The fraction of sp³-hybridized carbons (Fsp3) is 0.722. The van der Waals surface area contributed by atoms with Gasteiger partial charge in [-0.15, -0.1) is 0 Å². The maximum absolute atomic E-state index is 12.5. The van der Waals surface area contributed by atoms with E-state index in [1.54, 1.807) is 13.8 Å². The average Bonchev–Trinajstić information content (AvgIpc) is 2.66. The van der Waals surface area contributed by atoms with Crippen LogP contribution in [0.25, 0.3) is 0 Å². The highest BCUT2D eigenvalue weighted by atomic mass is 32.1. The van der Waals surface area contributed by atoms with Crippen molar-refractivity contribution in [2.24, 2.45) is 11.7 Å². The number of amides is 3. The van der Waals surface area contributed by atoms with Crippen LogP contribution in [0.1, 0.15) is 40.0 Å². The van der Waals surface area contributed by atoms with Gasteiger partial charge in [-0.25, -0.2) is 4.79 Å². The first-order valence-corrected chi connectivity index (χ1v) is 10.3. The number of aliphatic hydroxyl groups excluding tert-OH is 1. The molecule has 0 aliphatic carbocycles. The molecule has 0 aromatic heterocycles. The lowest BCUT2D eigenvalue weighted by Crippen LogP contribution is -2.60. The Morgan fingerprint density at radius 2 is 1.45 bits per heavy atom. The van der Waals surface area contributed by atoms with Crippen molar-refractivity contribution in [3.63, 3.8) is 0 Å². The molecule has 0 aliphatic rings. The number of rotatable bonds is 14. The third kappa shape index (κ3) is 11.0. The SMILES string of the molecule is CC(C)CC(NC(=O)C(CS)NC(=O)C(NC(=O)C(N)CCC(=O)O)C(C)O)C(=O)O. The Morgan fingerprint density at radius 3 is 1.87 bits per heavy atom. The number of nitrogens with two attached hydrogens (primary N) is 1. The number of hydrogen-bond acceptors (Lipinski definition) is 8. The Hall–Kier alpha value is -2.38. The molecule has 0 saturated carbocycles. The van der Waals surface area contributed by atoms with E-state index in [1.807, 2.05) is 0 Å². The Labute approximate surface area is 185 Å². The number of carboxylic acid groups (broad SMARTS) is 2. The summed E-state index contributed by atoms with van der Waals surface area (Å²) in [4.78, 5) is 59.0. The second kappa shape index (κ2) is 13.8. The van der Waals surface area contributed by atoms with Crippen molar-refractivity contribution < 1.29 is 39.3 Å². The van der Waals surface area contributed by atoms with Crippen molar-refractivity contribution in [2.45, 2.75) is 70.3 Å². The molecule has 0 fully saturated rings. The maximum atomic E-state index is 12.5. The molecule has 31 heavy (non-hydrogen) atoms. The van der Waals surface area contributed by atoms with Crippen LogP contribution in [-0.2, 0) is 24.0 Å². The number of carbonyl (C=O) groups is 5. The number of carbonyl (C=O) groups excluding carboxylic acids is 3. The van der Waals surface area contributed by atoms with Crippen molar-refractivity contribution in [3.8, 4) is 0 Å². The van der Waals surface area contributed by atoms with E-state index >= 15 is 0 Å². The smallest absolute Gasteiger partial charge is 0.326 e. The van der Waals surface area contributed by atoms with Gasteiger partial charge in [0.2, 0.25) is 17.7 Å². The quantitative estimate of drug-likeness (QED) is 0.134. The molecule has 3 amide bonds. The minimum absolute atomic E-state index is 0.00869. The molecule has 0 bridgehead atoms. The van der Waals surface area contributed by atoms with E-state index in [0.717, 1.165) is 0 Å². The van der Waals surface area contributed by atoms with Gasteiger partial charge in [0.1, 0.15) is 18.1 Å². The molecule has 0 saturated heterocycles. The zero-order chi connectivity index (χ0) is 24.3. The van der Waals surface area contributed by atoms with Crippen molar-refractivity contribution >= 4 is 42.3 Å². The summed E-state index contributed by atoms with van der Waals surface area (Å²) in [7, 11) is 0. The lowest BCUT2D eigenvalue weighted by Gasteiger charge is -2.26. The zero-order valence-corrected chi connectivity index (χ0v) is 18.6. The summed E-state index contributed by atoms with van der Waals surface area (Å²) in [6, 6.07) is -5.10.